The average Bonchev–Trinajstić information content (AvgIpc) is 3.13. The summed E-state index contributed by atoms with van der Waals surface area (Å²) >= 11 is 1.71. The lowest BCUT2D eigenvalue weighted by atomic mass is 10.1. The van der Waals surface area contributed by atoms with Crippen LogP contribution in [0, 0.1) is 6.92 Å². The molecule has 0 aliphatic carbocycles. The third-order valence-corrected chi connectivity index (χ3v) is 4.17. The van der Waals surface area contributed by atoms with Crippen LogP contribution in [0.5, 0.6) is 0 Å². The predicted molar refractivity (Wildman–Crippen MR) is 84.1 cm³/mol. The number of aromatic amines is 1. The normalized spacial score (nSPS) is 10.9. The van der Waals surface area contributed by atoms with E-state index in [-0.39, 0.29) is 0 Å². The summed E-state index contributed by atoms with van der Waals surface area (Å²) in [5.74, 6) is 0. The molecule has 2 aromatic heterocycles. The molecule has 2 heterocycles. The molecule has 0 atom stereocenters. The zero-order valence-corrected chi connectivity index (χ0v) is 12.7. The molecule has 0 bridgehead atoms. The first-order chi connectivity index (χ1) is 10.3. The van der Waals surface area contributed by atoms with Crippen LogP contribution in [0.25, 0.3) is 11.3 Å². The molecular formula is C15H17N5S. The van der Waals surface area contributed by atoms with E-state index in [0.717, 1.165) is 35.6 Å². The number of thiazole rings is 1. The Hall–Kier alpha value is -2.05. The Morgan fingerprint density at radius 3 is 2.81 bits per heavy atom. The monoisotopic (exact) mass is 299 g/mol. The zero-order chi connectivity index (χ0) is 14.5. The van der Waals surface area contributed by atoms with Gasteiger partial charge in [-0.25, -0.2) is 4.98 Å². The second-order valence-corrected chi connectivity index (χ2v) is 5.74. The molecule has 1 aromatic carbocycles. The lowest BCUT2D eigenvalue weighted by molar-refractivity contribution is 0.671. The van der Waals surface area contributed by atoms with Crippen molar-refractivity contribution in [3.05, 3.63) is 52.1 Å². The largest absolute Gasteiger partial charge is 0.311 e. The number of hydrogen-bond donors (Lipinski definition) is 2. The molecule has 0 spiro atoms. The van der Waals surface area contributed by atoms with Crippen LogP contribution in [-0.2, 0) is 13.0 Å². The Labute approximate surface area is 127 Å². The smallest absolute Gasteiger partial charge is 0.117 e. The van der Waals surface area contributed by atoms with Crippen LogP contribution in [0.15, 0.2) is 35.7 Å². The van der Waals surface area contributed by atoms with Crippen molar-refractivity contribution in [2.75, 3.05) is 6.54 Å². The molecule has 0 radical (unpaired) electrons. The van der Waals surface area contributed by atoms with Gasteiger partial charge in [0, 0.05) is 36.1 Å². The van der Waals surface area contributed by atoms with Gasteiger partial charge in [-0.05, 0) is 6.92 Å². The summed E-state index contributed by atoms with van der Waals surface area (Å²) < 4.78 is 0. The van der Waals surface area contributed by atoms with E-state index in [1.807, 2.05) is 37.3 Å². The van der Waals surface area contributed by atoms with E-state index >= 15 is 0 Å². The van der Waals surface area contributed by atoms with Crippen molar-refractivity contribution in [2.24, 2.45) is 0 Å². The molecule has 0 amide bonds. The van der Waals surface area contributed by atoms with Crippen molar-refractivity contribution >= 4 is 11.3 Å². The molecule has 0 saturated heterocycles. The quantitative estimate of drug-likeness (QED) is 0.687. The van der Waals surface area contributed by atoms with E-state index in [9.17, 15) is 0 Å². The van der Waals surface area contributed by atoms with Crippen molar-refractivity contribution in [1.29, 1.82) is 0 Å². The second-order valence-electron chi connectivity index (χ2n) is 4.79. The van der Waals surface area contributed by atoms with Crippen LogP contribution in [0.2, 0.25) is 0 Å². The fourth-order valence-corrected chi connectivity index (χ4v) is 2.90. The van der Waals surface area contributed by atoms with Crippen molar-refractivity contribution in [1.82, 2.24) is 25.7 Å². The summed E-state index contributed by atoms with van der Waals surface area (Å²) in [7, 11) is 0. The van der Waals surface area contributed by atoms with Crippen LogP contribution in [0.1, 0.15) is 16.4 Å². The first-order valence-electron chi connectivity index (χ1n) is 6.90. The molecule has 108 valence electrons. The maximum absolute atomic E-state index is 4.45. The van der Waals surface area contributed by atoms with Crippen molar-refractivity contribution in [3.63, 3.8) is 0 Å². The van der Waals surface area contributed by atoms with Crippen LogP contribution in [0.4, 0.5) is 0 Å². The van der Waals surface area contributed by atoms with Gasteiger partial charge >= 0.3 is 0 Å². The Bertz CT molecular complexity index is 689. The van der Waals surface area contributed by atoms with Crippen molar-refractivity contribution in [2.45, 2.75) is 19.9 Å². The molecule has 0 unspecified atom stereocenters. The lowest BCUT2D eigenvalue weighted by Gasteiger charge is -2.03. The van der Waals surface area contributed by atoms with E-state index in [1.54, 1.807) is 11.3 Å². The van der Waals surface area contributed by atoms with Gasteiger partial charge in [0.2, 0.25) is 0 Å². The zero-order valence-electron chi connectivity index (χ0n) is 11.8. The van der Waals surface area contributed by atoms with Crippen LogP contribution < -0.4 is 5.32 Å². The van der Waals surface area contributed by atoms with E-state index in [1.165, 1.54) is 5.01 Å². The number of nitrogens with zero attached hydrogens (tertiary/aromatic N) is 3. The first kappa shape index (κ1) is 13.9. The Balaban J connectivity index is 1.55. The predicted octanol–water partition coefficient (Wildman–Crippen LogP) is 2.57. The summed E-state index contributed by atoms with van der Waals surface area (Å²) in [6.45, 7) is 3.61. The third-order valence-electron chi connectivity index (χ3n) is 3.14. The molecule has 6 heteroatoms. The molecule has 3 aromatic rings. The highest BCUT2D eigenvalue weighted by Gasteiger charge is 2.09. The highest BCUT2D eigenvalue weighted by molar-refractivity contribution is 7.09. The molecule has 2 N–H and O–H groups in total. The molecule has 0 fully saturated rings. The molecule has 0 saturated carbocycles. The fourth-order valence-electron chi connectivity index (χ4n) is 2.12. The lowest BCUT2D eigenvalue weighted by Crippen LogP contribution is -2.17. The minimum absolute atomic E-state index is 0.699. The van der Waals surface area contributed by atoms with Crippen LogP contribution in [0.3, 0.4) is 0 Å². The van der Waals surface area contributed by atoms with Gasteiger partial charge < -0.3 is 5.32 Å². The van der Waals surface area contributed by atoms with Crippen molar-refractivity contribution < 1.29 is 0 Å². The molecule has 0 aliphatic rings. The van der Waals surface area contributed by atoms with E-state index < -0.39 is 0 Å². The van der Waals surface area contributed by atoms with Gasteiger partial charge in [-0.3, -0.25) is 0 Å². The van der Waals surface area contributed by atoms with Gasteiger partial charge in [-0.2, -0.15) is 15.4 Å². The molecule has 5 nitrogen and oxygen atoms in total. The third kappa shape index (κ3) is 3.53. The fraction of sp³-hybridized carbons (Fsp3) is 0.267. The maximum atomic E-state index is 4.45. The summed E-state index contributed by atoms with van der Waals surface area (Å²) in [5, 5.41) is 17.8. The SMILES string of the molecule is Cc1csc(CCNCc2n[nH]nc2-c2ccccc2)n1. The number of aryl methyl sites for hydroxylation is 1. The van der Waals surface area contributed by atoms with E-state index in [4.69, 9.17) is 0 Å². The summed E-state index contributed by atoms with van der Waals surface area (Å²) in [5.41, 5.74) is 4.03. The van der Waals surface area contributed by atoms with Crippen molar-refractivity contribution in [3.8, 4) is 11.3 Å². The van der Waals surface area contributed by atoms with Gasteiger partial charge in [-0.15, -0.1) is 11.3 Å². The Morgan fingerprint density at radius 2 is 2.05 bits per heavy atom. The summed E-state index contributed by atoms with van der Waals surface area (Å²) in [6, 6.07) is 10.1. The van der Waals surface area contributed by atoms with Gasteiger partial charge in [0.15, 0.2) is 0 Å². The number of H-pyrrole nitrogens is 1. The molecule has 3 rings (SSSR count). The van der Waals surface area contributed by atoms with Crippen LogP contribution in [-0.4, -0.2) is 26.9 Å². The number of rotatable bonds is 6. The number of benzene rings is 1. The number of hydrogen-bond acceptors (Lipinski definition) is 5. The van der Waals surface area contributed by atoms with Gasteiger partial charge in [-0.1, -0.05) is 30.3 Å². The Morgan fingerprint density at radius 1 is 1.19 bits per heavy atom. The Kier molecular flexibility index (Phi) is 4.37. The van der Waals surface area contributed by atoms with E-state index in [0.29, 0.717) is 6.54 Å². The highest BCUT2D eigenvalue weighted by Crippen LogP contribution is 2.18. The van der Waals surface area contributed by atoms with Gasteiger partial charge in [0.25, 0.3) is 0 Å². The number of nitrogens with one attached hydrogen (secondary N) is 2. The number of aromatic nitrogens is 4. The minimum atomic E-state index is 0.699. The molecule has 21 heavy (non-hydrogen) atoms. The average molecular weight is 299 g/mol. The van der Waals surface area contributed by atoms with Gasteiger partial charge in [0.1, 0.15) is 11.4 Å². The highest BCUT2D eigenvalue weighted by atomic mass is 32.1. The molecular weight excluding hydrogens is 282 g/mol. The topological polar surface area (TPSA) is 66.5 Å². The minimum Gasteiger partial charge on any atom is -0.311 e. The maximum Gasteiger partial charge on any atom is 0.117 e. The van der Waals surface area contributed by atoms with Crippen LogP contribution >= 0.6 is 11.3 Å². The molecule has 0 aliphatic heterocycles. The second kappa shape index (κ2) is 6.60. The van der Waals surface area contributed by atoms with E-state index in [2.05, 4.69) is 31.1 Å². The standard InChI is InChI=1S/C15H17N5S/c1-11-10-21-14(17-11)7-8-16-9-13-15(19-20-18-13)12-5-3-2-4-6-12/h2-6,10,16H,7-9H2,1H3,(H,18,19,20). The first-order valence-corrected chi connectivity index (χ1v) is 7.77. The summed E-state index contributed by atoms with van der Waals surface area (Å²) in [6.07, 6.45) is 0.941. The summed E-state index contributed by atoms with van der Waals surface area (Å²) in [4.78, 5) is 4.45. The van der Waals surface area contributed by atoms with Gasteiger partial charge in [0.05, 0.1) is 5.01 Å².